The second-order valence-electron chi connectivity index (χ2n) is 4.17. The van der Waals surface area contributed by atoms with Gasteiger partial charge in [0.25, 0.3) is 0 Å². The molecule has 0 saturated heterocycles. The van der Waals surface area contributed by atoms with Gasteiger partial charge in [-0.3, -0.25) is 5.41 Å². The number of alkyl halides is 6. The number of para-hydroxylation sites is 1. The molecule has 21 heavy (non-hydrogen) atoms. The number of nitrogens with one attached hydrogen (secondary N) is 1. The molecule has 2 rings (SSSR count). The average Bonchev–Trinajstić information content (AvgIpc) is 2.34. The largest absolute Gasteiger partial charge is 0.433 e. The molecule has 9 heteroatoms. The maximum atomic E-state index is 12.9. The van der Waals surface area contributed by atoms with Crippen LogP contribution in [0.5, 0.6) is 0 Å². The summed E-state index contributed by atoms with van der Waals surface area (Å²) in [5.41, 5.74) is 0.986. The number of hydrogen-bond acceptors (Lipinski definition) is 2. The van der Waals surface area contributed by atoms with Crippen molar-refractivity contribution in [3.8, 4) is 0 Å². The van der Waals surface area contributed by atoms with Crippen LogP contribution in [0.25, 0.3) is 10.9 Å². The fraction of sp³-hybridized carbons (Fsp3) is 0.167. The van der Waals surface area contributed by atoms with Crippen molar-refractivity contribution < 1.29 is 26.3 Å². The summed E-state index contributed by atoms with van der Waals surface area (Å²) in [4.78, 5) is 3.06. The number of nitrogen functional groups attached to an aromatic ring is 1. The van der Waals surface area contributed by atoms with Gasteiger partial charge in [-0.25, -0.2) is 4.98 Å². The van der Waals surface area contributed by atoms with Crippen molar-refractivity contribution in [3.63, 3.8) is 0 Å². The van der Waals surface area contributed by atoms with E-state index >= 15 is 0 Å². The molecule has 112 valence electrons. The van der Waals surface area contributed by atoms with E-state index < -0.39 is 40.5 Å². The highest BCUT2D eigenvalue weighted by Crippen LogP contribution is 2.37. The number of nitrogens with zero attached hydrogens (tertiary/aromatic N) is 1. The van der Waals surface area contributed by atoms with E-state index in [0.717, 1.165) is 12.1 Å². The summed E-state index contributed by atoms with van der Waals surface area (Å²) in [7, 11) is 0. The van der Waals surface area contributed by atoms with E-state index in [1.54, 1.807) is 0 Å². The number of pyridine rings is 1. The van der Waals surface area contributed by atoms with Crippen LogP contribution in [0.1, 0.15) is 16.8 Å². The number of fused-ring (bicyclic) bond motifs is 1. The number of amidine groups is 1. The summed E-state index contributed by atoms with van der Waals surface area (Å²) < 4.78 is 76.8. The first-order valence-electron chi connectivity index (χ1n) is 5.44. The Kier molecular flexibility index (Phi) is 3.31. The highest BCUT2D eigenvalue weighted by atomic mass is 19.4. The molecule has 0 aliphatic heterocycles. The number of benzene rings is 1. The monoisotopic (exact) mass is 307 g/mol. The lowest BCUT2D eigenvalue weighted by molar-refractivity contribution is -0.142. The lowest BCUT2D eigenvalue weighted by Crippen LogP contribution is -2.17. The molecule has 3 N–H and O–H groups in total. The molecule has 0 aliphatic carbocycles. The fourth-order valence-electron chi connectivity index (χ4n) is 1.85. The van der Waals surface area contributed by atoms with Gasteiger partial charge in [-0.2, -0.15) is 26.3 Å². The first-order chi connectivity index (χ1) is 9.51. The fourth-order valence-corrected chi connectivity index (χ4v) is 1.85. The highest BCUT2D eigenvalue weighted by molar-refractivity contribution is 6.07. The molecule has 0 atom stereocenters. The van der Waals surface area contributed by atoms with Gasteiger partial charge in [0.2, 0.25) is 0 Å². The number of aromatic nitrogens is 1. The minimum Gasteiger partial charge on any atom is -0.384 e. The second-order valence-corrected chi connectivity index (χ2v) is 4.17. The van der Waals surface area contributed by atoms with Crippen molar-refractivity contribution in [2.45, 2.75) is 12.4 Å². The summed E-state index contributed by atoms with van der Waals surface area (Å²) in [5.74, 6) is -0.771. The molecule has 1 aromatic heterocycles. The minimum absolute atomic E-state index is 0.259. The predicted octanol–water partition coefficient (Wildman–Crippen LogP) is 3.56. The van der Waals surface area contributed by atoms with E-state index in [4.69, 9.17) is 11.1 Å². The Morgan fingerprint density at radius 1 is 1.05 bits per heavy atom. The SMILES string of the molecule is N=C(N)c1cc(C(F)(F)F)nc2c(C(F)(F)F)cccc12. The van der Waals surface area contributed by atoms with Crippen LogP contribution in [0, 0.1) is 5.41 Å². The van der Waals surface area contributed by atoms with E-state index in [-0.39, 0.29) is 5.39 Å². The molecule has 0 spiro atoms. The Bertz CT molecular complexity index is 717. The van der Waals surface area contributed by atoms with Gasteiger partial charge in [0.15, 0.2) is 0 Å². The summed E-state index contributed by atoms with van der Waals surface area (Å²) in [6, 6.07) is 3.24. The summed E-state index contributed by atoms with van der Waals surface area (Å²) in [5, 5.41) is 6.99. The first kappa shape index (κ1) is 15.1. The summed E-state index contributed by atoms with van der Waals surface area (Å²) in [6.07, 6.45) is -9.82. The molecule has 0 radical (unpaired) electrons. The van der Waals surface area contributed by atoms with Gasteiger partial charge >= 0.3 is 12.4 Å². The molecule has 0 aliphatic rings. The number of rotatable bonds is 1. The molecule has 0 unspecified atom stereocenters. The molecule has 2 aromatic rings. The highest BCUT2D eigenvalue weighted by Gasteiger charge is 2.37. The van der Waals surface area contributed by atoms with Gasteiger partial charge < -0.3 is 5.73 Å². The normalized spacial score (nSPS) is 12.7. The van der Waals surface area contributed by atoms with Crippen molar-refractivity contribution in [1.29, 1.82) is 5.41 Å². The van der Waals surface area contributed by atoms with Crippen LogP contribution < -0.4 is 5.73 Å². The number of halogens is 6. The van der Waals surface area contributed by atoms with Crippen molar-refractivity contribution >= 4 is 16.7 Å². The van der Waals surface area contributed by atoms with Crippen LogP contribution in [0.4, 0.5) is 26.3 Å². The van der Waals surface area contributed by atoms with Gasteiger partial charge in [0, 0.05) is 10.9 Å². The lowest BCUT2D eigenvalue weighted by Gasteiger charge is -2.14. The summed E-state index contributed by atoms with van der Waals surface area (Å²) >= 11 is 0. The average molecular weight is 307 g/mol. The third-order valence-corrected chi connectivity index (χ3v) is 2.73. The van der Waals surface area contributed by atoms with Crippen LogP contribution in [0.2, 0.25) is 0 Å². The van der Waals surface area contributed by atoms with E-state index in [9.17, 15) is 26.3 Å². The Labute approximate surface area is 113 Å². The maximum Gasteiger partial charge on any atom is 0.433 e. The Morgan fingerprint density at radius 2 is 1.67 bits per heavy atom. The van der Waals surface area contributed by atoms with E-state index in [1.165, 1.54) is 0 Å². The van der Waals surface area contributed by atoms with Crippen LogP contribution in [-0.2, 0) is 12.4 Å². The summed E-state index contributed by atoms with van der Waals surface area (Å²) in [6.45, 7) is 0. The quantitative estimate of drug-likeness (QED) is 0.481. The third-order valence-electron chi connectivity index (χ3n) is 2.73. The Morgan fingerprint density at radius 3 is 2.14 bits per heavy atom. The van der Waals surface area contributed by atoms with Crippen molar-refractivity contribution in [2.24, 2.45) is 5.73 Å². The number of nitrogens with two attached hydrogens (primary N) is 1. The van der Waals surface area contributed by atoms with Gasteiger partial charge in [-0.05, 0) is 12.1 Å². The molecular formula is C12H7F6N3. The molecular weight excluding hydrogens is 300 g/mol. The zero-order chi connectivity index (χ0) is 16.0. The van der Waals surface area contributed by atoms with E-state index in [2.05, 4.69) is 4.98 Å². The standard InChI is InChI=1S/C12H7F6N3/c13-11(14,15)7-3-1-2-5-6(10(19)20)4-8(12(16,17)18)21-9(5)7/h1-4H,(H3,19,20). The van der Waals surface area contributed by atoms with Crippen LogP contribution in [-0.4, -0.2) is 10.8 Å². The van der Waals surface area contributed by atoms with Gasteiger partial charge in [-0.15, -0.1) is 0 Å². The molecule has 1 heterocycles. The molecule has 3 nitrogen and oxygen atoms in total. The molecule has 1 aromatic carbocycles. The zero-order valence-corrected chi connectivity index (χ0v) is 10.1. The van der Waals surface area contributed by atoms with Crippen molar-refractivity contribution in [2.75, 3.05) is 0 Å². The zero-order valence-electron chi connectivity index (χ0n) is 10.1. The third kappa shape index (κ3) is 2.76. The predicted molar refractivity (Wildman–Crippen MR) is 62.8 cm³/mol. The van der Waals surface area contributed by atoms with Crippen LogP contribution >= 0.6 is 0 Å². The minimum atomic E-state index is -4.95. The smallest absolute Gasteiger partial charge is 0.384 e. The Hall–Kier alpha value is -2.32. The van der Waals surface area contributed by atoms with Crippen molar-refractivity contribution in [3.05, 3.63) is 41.1 Å². The maximum absolute atomic E-state index is 12.9. The van der Waals surface area contributed by atoms with E-state index in [0.29, 0.717) is 12.1 Å². The van der Waals surface area contributed by atoms with Crippen molar-refractivity contribution in [1.82, 2.24) is 4.98 Å². The molecule has 0 fully saturated rings. The van der Waals surface area contributed by atoms with E-state index in [1.807, 2.05) is 0 Å². The van der Waals surface area contributed by atoms with Gasteiger partial charge in [0.05, 0.1) is 11.1 Å². The van der Waals surface area contributed by atoms with Crippen LogP contribution in [0.15, 0.2) is 24.3 Å². The molecule has 0 saturated carbocycles. The molecule has 0 bridgehead atoms. The first-order valence-corrected chi connectivity index (χ1v) is 5.44. The second kappa shape index (κ2) is 4.61. The Balaban J connectivity index is 2.94. The van der Waals surface area contributed by atoms with Gasteiger partial charge in [0.1, 0.15) is 11.5 Å². The topological polar surface area (TPSA) is 62.8 Å². The van der Waals surface area contributed by atoms with Gasteiger partial charge in [-0.1, -0.05) is 12.1 Å². The molecule has 0 amide bonds. The van der Waals surface area contributed by atoms with Crippen LogP contribution in [0.3, 0.4) is 0 Å². The number of hydrogen-bond donors (Lipinski definition) is 2. The lowest BCUT2D eigenvalue weighted by atomic mass is 10.0.